The molecular formula is C21H19N3O6S. The van der Waals surface area contributed by atoms with Gasteiger partial charge < -0.3 is 19.8 Å². The molecule has 0 aliphatic rings. The second kappa shape index (κ2) is 7.80. The Morgan fingerprint density at radius 3 is 2.58 bits per heavy atom. The van der Waals surface area contributed by atoms with Crippen LogP contribution in [0.3, 0.4) is 0 Å². The Labute approximate surface area is 176 Å². The number of ether oxygens (including phenoxy) is 1. The summed E-state index contributed by atoms with van der Waals surface area (Å²) >= 11 is 0. The number of aromatic nitrogens is 2. The SMILES string of the molecule is COc1ccc(NS(=O)(=O)c2ccc3[nH]c(=O)c4[nH]cc(CCC(=O)O)c4c3c2)cc1. The van der Waals surface area contributed by atoms with Crippen molar-refractivity contribution in [2.24, 2.45) is 0 Å². The van der Waals surface area contributed by atoms with Gasteiger partial charge in [0, 0.05) is 34.6 Å². The number of aliphatic carboxylic acids is 1. The molecule has 0 aliphatic carbocycles. The number of pyridine rings is 1. The molecule has 4 rings (SSSR count). The van der Waals surface area contributed by atoms with Crippen molar-refractivity contribution in [3.8, 4) is 5.75 Å². The monoisotopic (exact) mass is 441 g/mol. The predicted molar refractivity (Wildman–Crippen MR) is 116 cm³/mol. The van der Waals surface area contributed by atoms with Gasteiger partial charge in [-0.2, -0.15) is 0 Å². The third-order valence-electron chi connectivity index (χ3n) is 4.96. The van der Waals surface area contributed by atoms with E-state index in [0.717, 1.165) is 0 Å². The molecule has 0 saturated heterocycles. The Morgan fingerprint density at radius 2 is 1.90 bits per heavy atom. The molecule has 0 unspecified atom stereocenters. The second-order valence-corrected chi connectivity index (χ2v) is 8.64. The number of aryl methyl sites for hydroxylation is 1. The topological polar surface area (TPSA) is 141 Å². The van der Waals surface area contributed by atoms with E-state index >= 15 is 0 Å². The average Bonchev–Trinajstić information content (AvgIpc) is 3.17. The first kappa shape index (κ1) is 20.5. The number of rotatable bonds is 7. The maximum Gasteiger partial charge on any atom is 0.303 e. The van der Waals surface area contributed by atoms with Crippen molar-refractivity contribution < 1.29 is 23.1 Å². The maximum absolute atomic E-state index is 12.9. The van der Waals surface area contributed by atoms with Crippen LogP contribution in [0.2, 0.25) is 0 Å². The Bertz CT molecular complexity index is 1450. The van der Waals surface area contributed by atoms with E-state index < -0.39 is 16.0 Å². The summed E-state index contributed by atoms with van der Waals surface area (Å²) in [4.78, 5) is 29.0. The molecule has 10 heteroatoms. The molecule has 2 aromatic heterocycles. The minimum atomic E-state index is -3.91. The highest BCUT2D eigenvalue weighted by molar-refractivity contribution is 7.92. The number of carbonyl (C=O) groups is 1. The van der Waals surface area contributed by atoms with Gasteiger partial charge in [0.1, 0.15) is 11.3 Å². The number of nitrogens with one attached hydrogen (secondary N) is 3. The summed E-state index contributed by atoms with van der Waals surface area (Å²) in [7, 11) is -2.39. The Hall–Kier alpha value is -3.79. The largest absolute Gasteiger partial charge is 0.497 e. The summed E-state index contributed by atoms with van der Waals surface area (Å²) in [6.45, 7) is 0. The molecule has 9 nitrogen and oxygen atoms in total. The maximum atomic E-state index is 12.9. The summed E-state index contributed by atoms with van der Waals surface area (Å²) in [5.41, 5.74) is 1.36. The van der Waals surface area contributed by atoms with Crippen LogP contribution in [0.15, 0.2) is 58.4 Å². The van der Waals surface area contributed by atoms with Crippen LogP contribution in [0.1, 0.15) is 12.0 Å². The fourth-order valence-electron chi connectivity index (χ4n) is 3.45. The molecule has 0 radical (unpaired) electrons. The number of benzene rings is 2. The third-order valence-corrected chi connectivity index (χ3v) is 6.34. The van der Waals surface area contributed by atoms with Gasteiger partial charge >= 0.3 is 5.97 Å². The van der Waals surface area contributed by atoms with E-state index in [9.17, 15) is 18.0 Å². The van der Waals surface area contributed by atoms with E-state index in [-0.39, 0.29) is 28.8 Å². The zero-order valence-electron chi connectivity index (χ0n) is 16.4. The molecule has 0 amide bonds. The lowest BCUT2D eigenvalue weighted by Gasteiger charge is -2.10. The van der Waals surface area contributed by atoms with Crippen LogP contribution in [0.4, 0.5) is 5.69 Å². The highest BCUT2D eigenvalue weighted by atomic mass is 32.2. The summed E-state index contributed by atoms with van der Waals surface area (Å²) < 4.78 is 33.5. The highest BCUT2D eigenvalue weighted by Crippen LogP contribution is 2.28. The number of carboxylic acids is 1. The average molecular weight is 441 g/mol. The number of aromatic amines is 2. The molecular weight excluding hydrogens is 422 g/mol. The van der Waals surface area contributed by atoms with Crippen LogP contribution in [0.25, 0.3) is 21.8 Å². The van der Waals surface area contributed by atoms with E-state index in [1.807, 2.05) is 0 Å². The van der Waals surface area contributed by atoms with Crippen molar-refractivity contribution in [1.29, 1.82) is 0 Å². The molecule has 2 aromatic carbocycles. The molecule has 0 fully saturated rings. The van der Waals surface area contributed by atoms with Gasteiger partial charge in [0.2, 0.25) is 0 Å². The number of methoxy groups -OCH3 is 1. The van der Waals surface area contributed by atoms with Gasteiger partial charge in [-0.15, -0.1) is 0 Å². The van der Waals surface area contributed by atoms with Gasteiger partial charge in [-0.3, -0.25) is 14.3 Å². The van der Waals surface area contributed by atoms with Gasteiger partial charge in [-0.25, -0.2) is 8.42 Å². The van der Waals surface area contributed by atoms with E-state index in [2.05, 4.69) is 14.7 Å². The molecule has 0 bridgehead atoms. The fraction of sp³-hybridized carbons (Fsp3) is 0.143. The Morgan fingerprint density at radius 1 is 1.16 bits per heavy atom. The first-order chi connectivity index (χ1) is 14.8. The summed E-state index contributed by atoms with van der Waals surface area (Å²) in [6, 6.07) is 10.8. The van der Waals surface area contributed by atoms with Gasteiger partial charge in [-0.05, 0) is 54.4 Å². The van der Waals surface area contributed by atoms with Crippen LogP contribution >= 0.6 is 0 Å². The molecule has 0 aliphatic heterocycles. The number of hydrogen-bond donors (Lipinski definition) is 4. The van der Waals surface area contributed by atoms with Crippen LogP contribution in [0.5, 0.6) is 5.75 Å². The standard InChI is InChI=1S/C21H19N3O6S/c1-30-14-5-3-13(4-6-14)24-31(28,29)15-7-8-17-16(10-15)19-12(2-9-18(25)26)11-22-20(19)21(27)23-17/h3-8,10-11,22,24H,2,9H2,1H3,(H,23,27)(H,25,26). The molecule has 0 spiro atoms. The number of fused-ring (bicyclic) bond motifs is 3. The minimum absolute atomic E-state index is 0.00884. The van der Waals surface area contributed by atoms with E-state index in [4.69, 9.17) is 9.84 Å². The molecule has 0 saturated carbocycles. The molecule has 2 heterocycles. The van der Waals surface area contributed by atoms with Crippen LogP contribution in [-0.2, 0) is 21.2 Å². The number of anilines is 1. The van der Waals surface area contributed by atoms with Crippen LogP contribution in [0, 0.1) is 0 Å². The van der Waals surface area contributed by atoms with Crippen molar-refractivity contribution in [3.05, 3.63) is 64.6 Å². The van der Waals surface area contributed by atoms with Gasteiger partial charge in [-0.1, -0.05) is 0 Å². The molecule has 31 heavy (non-hydrogen) atoms. The summed E-state index contributed by atoms with van der Waals surface area (Å²) in [5.74, 6) is -0.364. The van der Waals surface area contributed by atoms with Gasteiger partial charge in [0.05, 0.1) is 12.0 Å². The first-order valence-corrected chi connectivity index (χ1v) is 10.8. The quantitative estimate of drug-likeness (QED) is 0.347. The minimum Gasteiger partial charge on any atom is -0.497 e. The van der Waals surface area contributed by atoms with Crippen molar-refractivity contribution in [3.63, 3.8) is 0 Å². The first-order valence-electron chi connectivity index (χ1n) is 9.33. The number of H-pyrrole nitrogens is 2. The molecule has 0 atom stereocenters. The zero-order valence-corrected chi connectivity index (χ0v) is 17.2. The van der Waals surface area contributed by atoms with Gasteiger partial charge in [0.15, 0.2) is 0 Å². The Kier molecular flexibility index (Phi) is 5.15. The van der Waals surface area contributed by atoms with E-state index in [1.165, 1.54) is 25.3 Å². The predicted octanol–water partition coefficient (Wildman–Crippen LogP) is 2.84. The van der Waals surface area contributed by atoms with Crippen molar-refractivity contribution in [2.45, 2.75) is 17.7 Å². The number of sulfonamides is 1. The van der Waals surface area contributed by atoms with Crippen LogP contribution in [-0.4, -0.2) is 36.6 Å². The van der Waals surface area contributed by atoms with Gasteiger partial charge in [0.25, 0.3) is 15.6 Å². The lowest BCUT2D eigenvalue weighted by molar-refractivity contribution is -0.136. The number of carboxylic acid groups (broad SMARTS) is 1. The highest BCUT2D eigenvalue weighted by Gasteiger charge is 2.18. The molecule has 4 aromatic rings. The van der Waals surface area contributed by atoms with E-state index in [1.54, 1.807) is 30.5 Å². The van der Waals surface area contributed by atoms with Crippen molar-refractivity contribution >= 4 is 43.5 Å². The lowest BCUT2D eigenvalue weighted by atomic mass is 10.0. The summed E-state index contributed by atoms with van der Waals surface area (Å²) in [5, 5.41) is 10.0. The molecule has 160 valence electrons. The van der Waals surface area contributed by atoms with Crippen molar-refractivity contribution in [1.82, 2.24) is 9.97 Å². The normalized spacial score (nSPS) is 11.6. The fourth-order valence-corrected chi connectivity index (χ4v) is 4.54. The second-order valence-electron chi connectivity index (χ2n) is 6.95. The van der Waals surface area contributed by atoms with Crippen LogP contribution < -0.4 is 15.0 Å². The lowest BCUT2D eigenvalue weighted by Crippen LogP contribution is -2.13. The Balaban J connectivity index is 1.80. The van der Waals surface area contributed by atoms with E-state index in [0.29, 0.717) is 33.3 Å². The van der Waals surface area contributed by atoms with Crippen molar-refractivity contribution in [2.75, 3.05) is 11.8 Å². The third kappa shape index (κ3) is 3.97. The zero-order chi connectivity index (χ0) is 22.2. The number of hydrogen-bond acceptors (Lipinski definition) is 5. The summed E-state index contributed by atoms with van der Waals surface area (Å²) in [6.07, 6.45) is 1.67. The molecule has 4 N–H and O–H groups in total. The smallest absolute Gasteiger partial charge is 0.303 e.